The van der Waals surface area contributed by atoms with E-state index in [1.807, 2.05) is 0 Å². The van der Waals surface area contributed by atoms with Gasteiger partial charge < -0.3 is 10.2 Å². The van der Waals surface area contributed by atoms with Crippen LogP contribution in [0.25, 0.3) is 0 Å². The predicted molar refractivity (Wildman–Crippen MR) is 83.3 cm³/mol. The predicted octanol–water partition coefficient (Wildman–Crippen LogP) is -0.758. The second-order valence-corrected chi connectivity index (χ2v) is 7.17. The second-order valence-electron chi connectivity index (χ2n) is 5.24. The van der Waals surface area contributed by atoms with Crippen LogP contribution in [0.5, 0.6) is 0 Å². The van der Waals surface area contributed by atoms with Gasteiger partial charge in [0.15, 0.2) is 0 Å². The van der Waals surface area contributed by atoms with Gasteiger partial charge >= 0.3 is 0 Å². The van der Waals surface area contributed by atoms with Gasteiger partial charge in [-0.2, -0.15) is 17.0 Å². The van der Waals surface area contributed by atoms with Crippen molar-refractivity contribution in [1.82, 2.24) is 18.8 Å². The SMILES string of the molecule is CCN(CC)S(=O)(=O)N1CCN(C(=O)[C@H](C)NC(C)=O)CC1. The highest BCUT2D eigenvalue weighted by Crippen LogP contribution is 2.12. The normalized spacial score (nSPS) is 18.3. The van der Waals surface area contributed by atoms with Gasteiger partial charge in [0.1, 0.15) is 6.04 Å². The molecule has 128 valence electrons. The third-order valence-corrected chi connectivity index (χ3v) is 5.89. The molecule has 0 bridgehead atoms. The van der Waals surface area contributed by atoms with Gasteiger partial charge in [0.25, 0.3) is 10.2 Å². The van der Waals surface area contributed by atoms with E-state index in [9.17, 15) is 18.0 Å². The van der Waals surface area contributed by atoms with E-state index in [-0.39, 0.29) is 24.9 Å². The molecule has 9 heteroatoms. The molecule has 0 saturated carbocycles. The summed E-state index contributed by atoms with van der Waals surface area (Å²) in [6.45, 7) is 8.67. The summed E-state index contributed by atoms with van der Waals surface area (Å²) < 4.78 is 27.6. The van der Waals surface area contributed by atoms with Crippen molar-refractivity contribution in [3.63, 3.8) is 0 Å². The fourth-order valence-corrected chi connectivity index (χ4v) is 4.10. The molecule has 0 unspecified atom stereocenters. The molecule has 1 saturated heterocycles. The third kappa shape index (κ3) is 4.40. The van der Waals surface area contributed by atoms with Crippen molar-refractivity contribution in [2.75, 3.05) is 39.3 Å². The summed E-state index contributed by atoms with van der Waals surface area (Å²) in [5.74, 6) is -0.446. The van der Waals surface area contributed by atoms with Crippen LogP contribution in [0, 0.1) is 0 Å². The molecule has 0 radical (unpaired) electrons. The Bertz CT molecular complexity index is 496. The number of hydrogen-bond acceptors (Lipinski definition) is 4. The Kier molecular flexibility index (Phi) is 6.76. The Morgan fingerprint density at radius 3 is 2.05 bits per heavy atom. The van der Waals surface area contributed by atoms with Gasteiger partial charge in [0.2, 0.25) is 11.8 Å². The summed E-state index contributed by atoms with van der Waals surface area (Å²) in [5, 5.41) is 2.55. The maximum absolute atomic E-state index is 12.4. The lowest BCUT2D eigenvalue weighted by Gasteiger charge is -2.37. The van der Waals surface area contributed by atoms with Gasteiger partial charge in [-0.05, 0) is 6.92 Å². The van der Waals surface area contributed by atoms with E-state index in [1.165, 1.54) is 15.5 Å². The van der Waals surface area contributed by atoms with Gasteiger partial charge in [-0.25, -0.2) is 0 Å². The highest BCUT2D eigenvalue weighted by atomic mass is 32.2. The van der Waals surface area contributed by atoms with Crippen molar-refractivity contribution in [2.45, 2.75) is 33.7 Å². The van der Waals surface area contributed by atoms with Crippen LogP contribution in [-0.4, -0.2) is 79.1 Å². The Hall–Kier alpha value is -1.19. The number of nitrogens with one attached hydrogen (secondary N) is 1. The topological polar surface area (TPSA) is 90.0 Å². The lowest BCUT2D eigenvalue weighted by atomic mass is 10.2. The van der Waals surface area contributed by atoms with Crippen LogP contribution in [0.1, 0.15) is 27.7 Å². The van der Waals surface area contributed by atoms with Crippen LogP contribution in [-0.2, 0) is 19.8 Å². The summed E-state index contributed by atoms with van der Waals surface area (Å²) in [6, 6.07) is -0.594. The lowest BCUT2D eigenvalue weighted by molar-refractivity contribution is -0.136. The summed E-state index contributed by atoms with van der Waals surface area (Å²) in [6.07, 6.45) is 0. The molecule has 1 atom stereocenters. The minimum Gasteiger partial charge on any atom is -0.345 e. The van der Waals surface area contributed by atoms with Crippen LogP contribution in [0.15, 0.2) is 0 Å². The second kappa shape index (κ2) is 7.89. The number of carbonyl (C=O) groups excluding carboxylic acids is 2. The standard InChI is InChI=1S/C13H26N4O4S/c1-5-16(6-2)22(20,21)17-9-7-15(8-10-17)13(19)11(3)14-12(4)18/h11H,5-10H2,1-4H3,(H,14,18)/t11-/m0/s1. The lowest BCUT2D eigenvalue weighted by Crippen LogP contribution is -2.57. The zero-order valence-corrected chi connectivity index (χ0v) is 14.5. The number of carbonyl (C=O) groups is 2. The van der Waals surface area contributed by atoms with Crippen molar-refractivity contribution < 1.29 is 18.0 Å². The molecule has 1 N–H and O–H groups in total. The summed E-state index contributed by atoms with van der Waals surface area (Å²) in [7, 11) is -3.45. The fourth-order valence-electron chi connectivity index (χ4n) is 2.49. The van der Waals surface area contributed by atoms with Crippen molar-refractivity contribution >= 4 is 22.0 Å². The zero-order valence-electron chi connectivity index (χ0n) is 13.7. The summed E-state index contributed by atoms with van der Waals surface area (Å²) >= 11 is 0. The van der Waals surface area contributed by atoms with Crippen LogP contribution >= 0.6 is 0 Å². The largest absolute Gasteiger partial charge is 0.345 e. The van der Waals surface area contributed by atoms with Crippen molar-refractivity contribution in [1.29, 1.82) is 0 Å². The maximum Gasteiger partial charge on any atom is 0.282 e. The van der Waals surface area contributed by atoms with E-state index in [4.69, 9.17) is 0 Å². The van der Waals surface area contributed by atoms with Gasteiger partial charge in [-0.3, -0.25) is 9.59 Å². The molecule has 1 aliphatic rings. The Morgan fingerprint density at radius 2 is 1.64 bits per heavy atom. The van der Waals surface area contributed by atoms with E-state index in [1.54, 1.807) is 25.7 Å². The highest BCUT2D eigenvalue weighted by molar-refractivity contribution is 7.86. The Labute approximate surface area is 132 Å². The average Bonchev–Trinajstić information content (AvgIpc) is 2.46. The number of hydrogen-bond donors (Lipinski definition) is 1. The minimum absolute atomic E-state index is 0.185. The van der Waals surface area contributed by atoms with E-state index in [0.717, 1.165) is 0 Å². The molecule has 22 heavy (non-hydrogen) atoms. The van der Waals surface area contributed by atoms with Gasteiger partial charge in [-0.1, -0.05) is 13.8 Å². The first-order chi connectivity index (χ1) is 10.2. The molecule has 2 amide bonds. The molecule has 1 aliphatic heterocycles. The first-order valence-electron chi connectivity index (χ1n) is 7.55. The van der Waals surface area contributed by atoms with Gasteiger partial charge in [0.05, 0.1) is 0 Å². The van der Waals surface area contributed by atoms with Crippen molar-refractivity contribution in [3.8, 4) is 0 Å². The average molecular weight is 334 g/mol. The van der Waals surface area contributed by atoms with Crippen molar-refractivity contribution in [3.05, 3.63) is 0 Å². The number of amides is 2. The van der Waals surface area contributed by atoms with Crippen LogP contribution in [0.3, 0.4) is 0 Å². The summed E-state index contributed by atoms with van der Waals surface area (Å²) in [4.78, 5) is 24.8. The highest BCUT2D eigenvalue weighted by Gasteiger charge is 2.33. The zero-order chi connectivity index (χ0) is 16.9. The monoisotopic (exact) mass is 334 g/mol. The Morgan fingerprint density at radius 1 is 1.14 bits per heavy atom. The molecule has 0 aliphatic carbocycles. The molecule has 0 aromatic heterocycles. The van der Waals surface area contributed by atoms with E-state index < -0.39 is 16.3 Å². The van der Waals surface area contributed by atoms with E-state index in [0.29, 0.717) is 26.2 Å². The maximum atomic E-state index is 12.4. The first-order valence-corrected chi connectivity index (χ1v) is 8.94. The minimum atomic E-state index is -3.45. The van der Waals surface area contributed by atoms with Crippen LogP contribution < -0.4 is 5.32 Å². The van der Waals surface area contributed by atoms with Crippen LogP contribution in [0.4, 0.5) is 0 Å². The summed E-state index contributed by atoms with van der Waals surface area (Å²) in [5.41, 5.74) is 0. The molecule has 0 aromatic carbocycles. The first kappa shape index (κ1) is 18.9. The molecule has 1 rings (SSSR count). The molecule has 0 spiro atoms. The number of nitrogens with zero attached hydrogens (tertiary/aromatic N) is 3. The quantitative estimate of drug-likeness (QED) is 0.691. The third-order valence-electron chi connectivity index (χ3n) is 3.70. The molecule has 0 aromatic rings. The van der Waals surface area contributed by atoms with Gasteiger partial charge in [-0.15, -0.1) is 0 Å². The molecular weight excluding hydrogens is 308 g/mol. The number of rotatable bonds is 6. The smallest absolute Gasteiger partial charge is 0.282 e. The van der Waals surface area contributed by atoms with Gasteiger partial charge in [0, 0.05) is 46.2 Å². The van der Waals surface area contributed by atoms with E-state index in [2.05, 4.69) is 5.32 Å². The van der Waals surface area contributed by atoms with Crippen molar-refractivity contribution in [2.24, 2.45) is 0 Å². The molecule has 8 nitrogen and oxygen atoms in total. The Balaban J connectivity index is 2.63. The van der Waals surface area contributed by atoms with Crippen LogP contribution in [0.2, 0.25) is 0 Å². The molecule has 1 heterocycles. The fraction of sp³-hybridized carbons (Fsp3) is 0.846. The van der Waals surface area contributed by atoms with E-state index >= 15 is 0 Å². The number of piperazine rings is 1. The molecule has 1 fully saturated rings. The molecular formula is C13H26N4O4S.